The van der Waals surface area contributed by atoms with Gasteiger partial charge < -0.3 is 0 Å². The Hall–Kier alpha value is -2.18. The third kappa shape index (κ3) is 2.47. The molecule has 1 aromatic rings. The molecule has 2 aliphatic heterocycles. The van der Waals surface area contributed by atoms with Crippen molar-refractivity contribution in [1.82, 2.24) is 10.1 Å². The summed E-state index contributed by atoms with van der Waals surface area (Å²) < 4.78 is 0. The van der Waals surface area contributed by atoms with Gasteiger partial charge in [-0.3, -0.25) is 10.0 Å². The minimum atomic E-state index is -0.824. The molecule has 6 nitrogen and oxygen atoms in total. The number of Topliss-reactive ketones (excluding diaryl/α,β-unsaturated/α-hetero) is 1. The highest BCUT2D eigenvalue weighted by Gasteiger charge is 2.57. The maximum atomic E-state index is 12.8. The number of ketones is 1. The summed E-state index contributed by atoms with van der Waals surface area (Å²) in [4.78, 5) is 17.0. The smallest absolute Gasteiger partial charge is 0.183 e. The van der Waals surface area contributed by atoms with E-state index in [1.165, 1.54) is 0 Å². The van der Waals surface area contributed by atoms with Crippen LogP contribution in [0.15, 0.2) is 34.7 Å². The van der Waals surface area contributed by atoms with Gasteiger partial charge >= 0.3 is 0 Å². The second-order valence-electron chi connectivity index (χ2n) is 9.04. The third-order valence-corrected chi connectivity index (χ3v) is 5.66. The monoisotopic (exact) mass is 356 g/mol. The molecule has 0 aromatic heterocycles. The summed E-state index contributed by atoms with van der Waals surface area (Å²) in [5.74, 6) is 0.161. The Morgan fingerprint density at radius 2 is 1.73 bits per heavy atom. The van der Waals surface area contributed by atoms with E-state index in [1.807, 2.05) is 40.7 Å². The standard InChI is InChI=1S/C20H26N3O3/c1-18(2,3)16(24)13-9-8-12-10-15(21-14(12)11-13)17-22(25)19(4,5)20(6,7)23(17)26/h8-11,25H,1-7H3/b17-15-. The van der Waals surface area contributed by atoms with Gasteiger partial charge in [-0.05, 0) is 39.8 Å². The van der Waals surface area contributed by atoms with E-state index in [2.05, 4.69) is 4.99 Å². The van der Waals surface area contributed by atoms with Crippen molar-refractivity contribution in [2.75, 3.05) is 0 Å². The van der Waals surface area contributed by atoms with Crippen LogP contribution in [0.25, 0.3) is 6.08 Å². The number of carbonyl (C=O) groups is 1. The first kappa shape index (κ1) is 18.6. The fraction of sp³-hybridized carbons (Fsp3) is 0.500. The first-order valence-electron chi connectivity index (χ1n) is 8.74. The quantitative estimate of drug-likeness (QED) is 0.784. The first-order valence-corrected chi connectivity index (χ1v) is 8.74. The van der Waals surface area contributed by atoms with Gasteiger partial charge in [0.05, 0.1) is 16.4 Å². The normalized spacial score (nSPS) is 23.6. The number of hydroxylamine groups is 4. The molecule has 1 radical (unpaired) electrons. The zero-order chi connectivity index (χ0) is 19.7. The molecule has 0 amide bonds. The lowest BCUT2D eigenvalue weighted by atomic mass is 9.84. The Morgan fingerprint density at radius 3 is 2.23 bits per heavy atom. The highest BCUT2D eigenvalue weighted by atomic mass is 16.6. The molecule has 3 rings (SSSR count). The number of carbonyl (C=O) groups excluding carboxylic acids is 1. The van der Waals surface area contributed by atoms with E-state index in [4.69, 9.17) is 0 Å². The lowest BCUT2D eigenvalue weighted by molar-refractivity contribution is -0.181. The van der Waals surface area contributed by atoms with Crippen LogP contribution in [-0.2, 0) is 5.21 Å². The highest BCUT2D eigenvalue weighted by Crippen LogP contribution is 2.44. The average Bonchev–Trinajstić information content (AvgIpc) is 2.99. The topological polar surface area (TPSA) is 76.0 Å². The lowest BCUT2D eigenvalue weighted by Gasteiger charge is -2.36. The molecule has 6 heteroatoms. The molecule has 0 spiro atoms. The van der Waals surface area contributed by atoms with Crippen molar-refractivity contribution < 1.29 is 15.2 Å². The van der Waals surface area contributed by atoms with Crippen LogP contribution >= 0.6 is 0 Å². The summed E-state index contributed by atoms with van der Waals surface area (Å²) in [5, 5.41) is 26.7. The summed E-state index contributed by atoms with van der Waals surface area (Å²) in [7, 11) is 0. The predicted molar refractivity (Wildman–Crippen MR) is 96.8 cm³/mol. The van der Waals surface area contributed by atoms with Gasteiger partial charge in [-0.1, -0.05) is 38.1 Å². The maximum Gasteiger partial charge on any atom is 0.183 e. The van der Waals surface area contributed by atoms with Gasteiger partial charge in [-0.25, -0.2) is 10.1 Å². The minimum Gasteiger partial charge on any atom is -0.294 e. The van der Waals surface area contributed by atoms with Gasteiger partial charge in [0.25, 0.3) is 0 Å². The molecule has 1 N–H and O–H groups in total. The molecule has 0 bridgehead atoms. The van der Waals surface area contributed by atoms with Gasteiger partial charge in [0.15, 0.2) is 11.6 Å². The van der Waals surface area contributed by atoms with Gasteiger partial charge in [0, 0.05) is 16.2 Å². The Bertz CT molecular complexity index is 914. The second-order valence-corrected chi connectivity index (χ2v) is 9.04. The summed E-state index contributed by atoms with van der Waals surface area (Å²) in [6.45, 7) is 12.8. The molecule has 0 atom stereocenters. The molecule has 0 unspecified atom stereocenters. The molecular formula is C20H26N3O3. The zero-order valence-electron chi connectivity index (χ0n) is 16.4. The Labute approximate surface area is 153 Å². The van der Waals surface area contributed by atoms with Crippen LogP contribution in [0.4, 0.5) is 0 Å². The summed E-state index contributed by atoms with van der Waals surface area (Å²) in [6, 6.07) is 5.35. The van der Waals surface area contributed by atoms with Crippen molar-refractivity contribution in [3.05, 3.63) is 45.9 Å². The van der Waals surface area contributed by atoms with E-state index in [1.54, 1.807) is 32.1 Å². The van der Waals surface area contributed by atoms with Crippen LogP contribution in [0.1, 0.15) is 58.8 Å². The lowest BCUT2D eigenvalue weighted by Crippen LogP contribution is -2.52. The minimum absolute atomic E-state index is 0.0361. The van der Waals surface area contributed by atoms with Crippen molar-refractivity contribution >= 4 is 11.9 Å². The van der Waals surface area contributed by atoms with E-state index in [-0.39, 0.29) is 11.6 Å². The Balaban J connectivity index is 2.13. The number of rotatable bonds is 1. The Morgan fingerprint density at radius 1 is 1.12 bits per heavy atom. The molecule has 0 aliphatic carbocycles. The van der Waals surface area contributed by atoms with E-state index in [9.17, 15) is 15.2 Å². The van der Waals surface area contributed by atoms with Crippen LogP contribution in [0.2, 0.25) is 0 Å². The average molecular weight is 356 g/mol. The number of benzene rings is 1. The highest BCUT2D eigenvalue weighted by molar-refractivity contribution is 5.99. The molecule has 139 valence electrons. The molecule has 26 heavy (non-hydrogen) atoms. The molecule has 1 fully saturated rings. The van der Waals surface area contributed by atoms with E-state index in [0.29, 0.717) is 16.6 Å². The van der Waals surface area contributed by atoms with Gasteiger partial charge in [0.2, 0.25) is 0 Å². The van der Waals surface area contributed by atoms with E-state index in [0.717, 1.165) is 15.3 Å². The van der Waals surface area contributed by atoms with Crippen molar-refractivity contribution in [3.63, 3.8) is 0 Å². The number of allylic oxidation sites excluding steroid dienone is 1. The van der Waals surface area contributed by atoms with E-state index >= 15 is 0 Å². The largest absolute Gasteiger partial charge is 0.294 e. The molecule has 1 saturated heterocycles. The Kier molecular flexibility index (Phi) is 3.87. The molecular weight excluding hydrogens is 330 g/mol. The molecule has 2 aliphatic rings. The van der Waals surface area contributed by atoms with Crippen LogP contribution in [-0.4, -0.2) is 32.2 Å². The summed E-state index contributed by atoms with van der Waals surface area (Å²) in [5.41, 5.74) is -1.09. The second kappa shape index (κ2) is 5.41. The van der Waals surface area contributed by atoms with Crippen molar-refractivity contribution in [1.29, 1.82) is 0 Å². The van der Waals surface area contributed by atoms with Crippen LogP contribution in [0, 0.1) is 5.41 Å². The SMILES string of the molecule is CC(C)(C)C(=O)c1ccc2c(c1)=N/C(=C1\N([O])C(C)(C)C(C)(C)N1O)C=2. The van der Waals surface area contributed by atoms with Gasteiger partial charge in [0.1, 0.15) is 5.70 Å². The zero-order valence-corrected chi connectivity index (χ0v) is 16.4. The third-order valence-electron chi connectivity index (χ3n) is 5.66. The summed E-state index contributed by atoms with van der Waals surface area (Å²) >= 11 is 0. The van der Waals surface area contributed by atoms with Gasteiger partial charge in [-0.2, -0.15) is 5.06 Å². The van der Waals surface area contributed by atoms with Crippen LogP contribution < -0.4 is 10.6 Å². The molecule has 1 aromatic carbocycles. The number of hydrogen-bond donors (Lipinski definition) is 1. The molecule has 2 heterocycles. The van der Waals surface area contributed by atoms with Crippen molar-refractivity contribution in [3.8, 4) is 0 Å². The van der Waals surface area contributed by atoms with Crippen molar-refractivity contribution in [2.45, 2.75) is 59.5 Å². The predicted octanol–water partition coefficient (Wildman–Crippen LogP) is 2.41. The van der Waals surface area contributed by atoms with Crippen molar-refractivity contribution in [2.24, 2.45) is 10.4 Å². The number of hydrogen-bond acceptors (Lipinski definition) is 5. The number of fused-ring (bicyclic) bond motifs is 1. The fourth-order valence-electron chi connectivity index (χ4n) is 3.10. The maximum absolute atomic E-state index is 12.8. The fourth-order valence-corrected chi connectivity index (χ4v) is 3.10. The van der Waals surface area contributed by atoms with Crippen LogP contribution in [0.5, 0.6) is 0 Å². The summed E-state index contributed by atoms with van der Waals surface area (Å²) in [6.07, 6.45) is 1.77. The van der Waals surface area contributed by atoms with Gasteiger partial charge in [-0.15, -0.1) is 0 Å². The van der Waals surface area contributed by atoms with E-state index < -0.39 is 16.5 Å². The molecule has 0 saturated carbocycles. The van der Waals surface area contributed by atoms with Crippen LogP contribution in [0.3, 0.4) is 0 Å². The number of nitrogens with zero attached hydrogens (tertiary/aromatic N) is 3. The first-order chi connectivity index (χ1) is 11.8.